The highest BCUT2D eigenvalue weighted by Gasteiger charge is 2.40. The van der Waals surface area contributed by atoms with Gasteiger partial charge in [-0.15, -0.1) is 11.8 Å². The molecule has 1 aliphatic heterocycles. The maximum Gasteiger partial charge on any atom is 0.327 e. The van der Waals surface area contributed by atoms with Crippen molar-refractivity contribution in [1.29, 1.82) is 0 Å². The topological polar surface area (TPSA) is 57.6 Å². The zero-order valence-electron chi connectivity index (χ0n) is 9.10. The van der Waals surface area contributed by atoms with Gasteiger partial charge in [-0.25, -0.2) is 4.79 Å². The van der Waals surface area contributed by atoms with Crippen molar-refractivity contribution in [3.63, 3.8) is 0 Å². The predicted molar refractivity (Wildman–Crippen MR) is 59.7 cm³/mol. The van der Waals surface area contributed by atoms with Crippen molar-refractivity contribution in [3.8, 4) is 0 Å². The van der Waals surface area contributed by atoms with E-state index >= 15 is 0 Å². The molecule has 2 unspecified atom stereocenters. The van der Waals surface area contributed by atoms with E-state index < -0.39 is 12.0 Å². The molecule has 1 heterocycles. The smallest absolute Gasteiger partial charge is 0.327 e. The van der Waals surface area contributed by atoms with Gasteiger partial charge in [0.2, 0.25) is 5.91 Å². The third-order valence-corrected chi connectivity index (χ3v) is 3.93. The van der Waals surface area contributed by atoms with Crippen molar-refractivity contribution in [2.75, 3.05) is 5.75 Å². The fraction of sp³-hybridized carbons (Fsp3) is 0.800. The summed E-state index contributed by atoms with van der Waals surface area (Å²) < 4.78 is 0. The van der Waals surface area contributed by atoms with E-state index in [1.54, 1.807) is 16.7 Å². The summed E-state index contributed by atoms with van der Waals surface area (Å²) in [7, 11) is 0. The second kappa shape index (κ2) is 5.39. The Hall–Kier alpha value is -0.710. The molecule has 1 fully saturated rings. The number of nitrogens with zero attached hydrogens (tertiary/aromatic N) is 1. The summed E-state index contributed by atoms with van der Waals surface area (Å²) in [6, 6.07) is -0.626. The van der Waals surface area contributed by atoms with Crippen LogP contribution in [0.4, 0.5) is 0 Å². The highest BCUT2D eigenvalue weighted by atomic mass is 32.2. The van der Waals surface area contributed by atoms with Crippen molar-refractivity contribution in [3.05, 3.63) is 0 Å². The van der Waals surface area contributed by atoms with Crippen molar-refractivity contribution in [2.45, 2.75) is 44.5 Å². The Balaban J connectivity index is 2.76. The van der Waals surface area contributed by atoms with Gasteiger partial charge in [0, 0.05) is 12.2 Å². The molecule has 5 heteroatoms. The van der Waals surface area contributed by atoms with E-state index in [0.717, 1.165) is 12.8 Å². The Labute approximate surface area is 94.0 Å². The molecule has 86 valence electrons. The van der Waals surface area contributed by atoms with Gasteiger partial charge in [0.25, 0.3) is 0 Å². The van der Waals surface area contributed by atoms with E-state index in [1.165, 1.54) is 0 Å². The van der Waals surface area contributed by atoms with Crippen LogP contribution in [0.1, 0.15) is 33.1 Å². The van der Waals surface area contributed by atoms with Gasteiger partial charge in [0.05, 0.1) is 5.37 Å². The summed E-state index contributed by atoms with van der Waals surface area (Å²) in [5.41, 5.74) is 0. The lowest BCUT2D eigenvalue weighted by molar-refractivity contribution is -0.149. The highest BCUT2D eigenvalue weighted by molar-refractivity contribution is 8.00. The van der Waals surface area contributed by atoms with E-state index in [0.29, 0.717) is 12.2 Å². The number of aliphatic carboxylic acids is 1. The highest BCUT2D eigenvalue weighted by Crippen LogP contribution is 2.31. The first-order valence-electron chi connectivity index (χ1n) is 5.27. The Morgan fingerprint density at radius 2 is 2.13 bits per heavy atom. The Kier molecular flexibility index (Phi) is 4.45. The van der Waals surface area contributed by atoms with Crippen molar-refractivity contribution in [1.82, 2.24) is 4.90 Å². The standard InChI is InChI=1S/C10H17NO3S/c1-3-5-8(12)11-7(10(13)14)6-15-9(11)4-2/h7,9H,3-6H2,1-2H3,(H,13,14). The lowest BCUT2D eigenvalue weighted by Crippen LogP contribution is -2.45. The molecule has 0 aromatic carbocycles. The summed E-state index contributed by atoms with van der Waals surface area (Å²) in [5, 5.41) is 9.05. The summed E-state index contributed by atoms with van der Waals surface area (Å²) in [4.78, 5) is 24.3. The number of rotatable bonds is 4. The van der Waals surface area contributed by atoms with Crippen LogP contribution in [-0.4, -0.2) is 39.1 Å². The zero-order chi connectivity index (χ0) is 11.4. The molecule has 1 amide bonds. The number of hydrogen-bond donors (Lipinski definition) is 1. The second-order valence-electron chi connectivity index (χ2n) is 3.60. The molecule has 2 atom stereocenters. The number of carboxylic acids is 1. The van der Waals surface area contributed by atoms with Crippen LogP contribution in [-0.2, 0) is 9.59 Å². The van der Waals surface area contributed by atoms with Gasteiger partial charge >= 0.3 is 5.97 Å². The monoisotopic (exact) mass is 231 g/mol. The van der Waals surface area contributed by atoms with Gasteiger partial charge < -0.3 is 10.0 Å². The van der Waals surface area contributed by atoms with Crippen LogP contribution >= 0.6 is 11.8 Å². The summed E-state index contributed by atoms with van der Waals surface area (Å²) >= 11 is 1.57. The summed E-state index contributed by atoms with van der Waals surface area (Å²) in [6.45, 7) is 3.91. The molecule has 1 aliphatic rings. The molecular formula is C10H17NO3S. The zero-order valence-corrected chi connectivity index (χ0v) is 9.92. The quantitative estimate of drug-likeness (QED) is 0.797. The number of thioether (sulfide) groups is 1. The molecule has 1 N–H and O–H groups in total. The fourth-order valence-corrected chi connectivity index (χ4v) is 3.11. The van der Waals surface area contributed by atoms with Crippen molar-refractivity contribution >= 4 is 23.6 Å². The number of amides is 1. The van der Waals surface area contributed by atoms with Crippen molar-refractivity contribution < 1.29 is 14.7 Å². The number of hydrogen-bond acceptors (Lipinski definition) is 3. The van der Waals surface area contributed by atoms with Gasteiger partial charge in [-0.2, -0.15) is 0 Å². The van der Waals surface area contributed by atoms with Crippen LogP contribution in [0.3, 0.4) is 0 Å². The molecule has 0 saturated carbocycles. The first-order chi connectivity index (χ1) is 7.11. The fourth-order valence-electron chi connectivity index (χ4n) is 1.75. The minimum absolute atomic E-state index is 0.0262. The van der Waals surface area contributed by atoms with Crippen molar-refractivity contribution in [2.24, 2.45) is 0 Å². The molecule has 1 rings (SSSR count). The molecule has 15 heavy (non-hydrogen) atoms. The van der Waals surface area contributed by atoms with E-state index in [-0.39, 0.29) is 11.3 Å². The normalized spacial score (nSPS) is 25.6. The Bertz CT molecular complexity index is 257. The first-order valence-corrected chi connectivity index (χ1v) is 6.32. The maximum atomic E-state index is 11.8. The molecular weight excluding hydrogens is 214 g/mol. The number of carboxylic acid groups (broad SMARTS) is 1. The Morgan fingerprint density at radius 3 is 2.60 bits per heavy atom. The predicted octanol–water partition coefficient (Wildman–Crippen LogP) is 1.55. The second-order valence-corrected chi connectivity index (χ2v) is 4.81. The lowest BCUT2D eigenvalue weighted by atomic mass is 10.2. The van der Waals surface area contributed by atoms with Gasteiger partial charge in [-0.3, -0.25) is 4.79 Å². The average Bonchev–Trinajstić information content (AvgIpc) is 2.61. The van der Waals surface area contributed by atoms with Crippen LogP contribution < -0.4 is 0 Å². The largest absolute Gasteiger partial charge is 0.480 e. The SMILES string of the molecule is CCCC(=O)N1C(CC)SCC1C(=O)O. The van der Waals surface area contributed by atoms with E-state index in [2.05, 4.69) is 0 Å². The minimum Gasteiger partial charge on any atom is -0.480 e. The molecule has 0 aromatic rings. The van der Waals surface area contributed by atoms with E-state index in [1.807, 2.05) is 13.8 Å². The average molecular weight is 231 g/mol. The van der Waals surface area contributed by atoms with Crippen LogP contribution in [0.2, 0.25) is 0 Å². The maximum absolute atomic E-state index is 11.8. The van der Waals surface area contributed by atoms with Gasteiger partial charge in [0.15, 0.2) is 0 Å². The summed E-state index contributed by atoms with van der Waals surface area (Å²) in [5.74, 6) is -0.395. The summed E-state index contributed by atoms with van der Waals surface area (Å²) in [6.07, 6.45) is 2.02. The molecule has 0 aliphatic carbocycles. The van der Waals surface area contributed by atoms with Gasteiger partial charge in [-0.05, 0) is 12.8 Å². The van der Waals surface area contributed by atoms with E-state index in [4.69, 9.17) is 5.11 Å². The first kappa shape index (κ1) is 12.4. The lowest BCUT2D eigenvalue weighted by Gasteiger charge is -2.26. The molecule has 4 nitrogen and oxygen atoms in total. The van der Waals surface area contributed by atoms with Gasteiger partial charge in [0.1, 0.15) is 6.04 Å². The molecule has 0 bridgehead atoms. The minimum atomic E-state index is -0.886. The van der Waals surface area contributed by atoms with Crippen LogP contribution in [0.5, 0.6) is 0 Å². The van der Waals surface area contributed by atoms with Crippen LogP contribution in [0.25, 0.3) is 0 Å². The number of carbonyl (C=O) groups excluding carboxylic acids is 1. The Morgan fingerprint density at radius 1 is 1.47 bits per heavy atom. The van der Waals surface area contributed by atoms with Crippen LogP contribution in [0, 0.1) is 0 Å². The van der Waals surface area contributed by atoms with Gasteiger partial charge in [-0.1, -0.05) is 13.8 Å². The molecule has 0 spiro atoms. The van der Waals surface area contributed by atoms with E-state index in [9.17, 15) is 9.59 Å². The third-order valence-electron chi connectivity index (χ3n) is 2.48. The molecule has 0 aromatic heterocycles. The molecule has 0 radical (unpaired) electrons. The van der Waals surface area contributed by atoms with Crippen LogP contribution in [0.15, 0.2) is 0 Å². The number of carbonyl (C=O) groups is 2. The third kappa shape index (κ3) is 2.65. The molecule has 1 saturated heterocycles.